The van der Waals surface area contributed by atoms with Crippen molar-refractivity contribution in [3.63, 3.8) is 0 Å². The first kappa shape index (κ1) is 11.0. The second kappa shape index (κ2) is 4.60. The van der Waals surface area contributed by atoms with Crippen LogP contribution in [-0.2, 0) is 6.42 Å². The Morgan fingerprint density at radius 2 is 2.53 bits per heavy atom. The molecule has 3 nitrogen and oxygen atoms in total. The average molecular weight is 226 g/mol. The zero-order valence-corrected chi connectivity index (χ0v) is 9.94. The minimum absolute atomic E-state index is 0.0528. The molecular formula is C11H18N2OS. The zero-order chi connectivity index (χ0) is 10.7. The molecule has 1 atom stereocenters. The lowest BCUT2D eigenvalue weighted by molar-refractivity contribution is 0.0955. The lowest BCUT2D eigenvalue weighted by atomic mass is 9.78. The molecule has 1 fully saturated rings. The summed E-state index contributed by atoms with van der Waals surface area (Å²) in [4.78, 5) is 5.56. The fourth-order valence-corrected chi connectivity index (χ4v) is 3.20. The van der Waals surface area contributed by atoms with Crippen LogP contribution in [0.25, 0.3) is 0 Å². The quantitative estimate of drug-likeness (QED) is 0.818. The van der Waals surface area contributed by atoms with Crippen molar-refractivity contribution in [2.45, 2.75) is 26.2 Å². The van der Waals surface area contributed by atoms with Crippen LogP contribution in [-0.4, -0.2) is 29.8 Å². The number of nitrogens with one attached hydrogen (secondary N) is 1. The van der Waals surface area contributed by atoms with Crippen LogP contribution in [0.5, 0.6) is 0 Å². The molecule has 15 heavy (non-hydrogen) atoms. The van der Waals surface area contributed by atoms with E-state index >= 15 is 0 Å². The molecule has 1 saturated heterocycles. The first-order valence-corrected chi connectivity index (χ1v) is 6.29. The number of aliphatic hydroxyl groups is 1. The average Bonchev–Trinajstić information content (AvgIpc) is 2.65. The molecule has 0 amide bonds. The molecule has 4 heteroatoms. The van der Waals surface area contributed by atoms with Crippen molar-refractivity contribution in [3.8, 4) is 0 Å². The fraction of sp³-hybridized carbons (Fsp3) is 0.727. The number of aromatic nitrogens is 1. The SMILES string of the molecule is Cc1ncc(CC2(CO)CCCNC2)s1. The third kappa shape index (κ3) is 2.56. The summed E-state index contributed by atoms with van der Waals surface area (Å²) in [6.07, 6.45) is 5.19. The van der Waals surface area contributed by atoms with Crippen molar-refractivity contribution < 1.29 is 5.11 Å². The Hall–Kier alpha value is -0.450. The van der Waals surface area contributed by atoms with Gasteiger partial charge in [0, 0.05) is 23.0 Å². The Morgan fingerprint density at radius 3 is 3.07 bits per heavy atom. The highest BCUT2D eigenvalue weighted by Gasteiger charge is 2.32. The molecule has 0 saturated carbocycles. The van der Waals surface area contributed by atoms with Crippen molar-refractivity contribution in [1.82, 2.24) is 10.3 Å². The van der Waals surface area contributed by atoms with Crippen LogP contribution in [0, 0.1) is 12.3 Å². The van der Waals surface area contributed by atoms with E-state index in [0.29, 0.717) is 0 Å². The summed E-state index contributed by atoms with van der Waals surface area (Å²) in [5, 5.41) is 14.0. The van der Waals surface area contributed by atoms with Crippen molar-refractivity contribution in [3.05, 3.63) is 16.1 Å². The molecule has 1 aliphatic rings. The van der Waals surface area contributed by atoms with Gasteiger partial charge in [-0.3, -0.25) is 0 Å². The van der Waals surface area contributed by atoms with Crippen LogP contribution in [0.15, 0.2) is 6.20 Å². The Balaban J connectivity index is 2.06. The number of hydrogen-bond acceptors (Lipinski definition) is 4. The maximum Gasteiger partial charge on any atom is 0.0896 e. The standard InChI is InChI=1S/C11H18N2OS/c1-9-13-6-10(15-9)5-11(8-14)3-2-4-12-7-11/h6,12,14H,2-5,7-8H2,1H3. The third-order valence-corrected chi connectivity index (χ3v) is 4.03. The topological polar surface area (TPSA) is 45.2 Å². The number of hydrogen-bond donors (Lipinski definition) is 2. The van der Waals surface area contributed by atoms with Gasteiger partial charge in [-0.2, -0.15) is 0 Å². The molecule has 1 aromatic rings. The number of piperidine rings is 1. The third-order valence-electron chi connectivity index (χ3n) is 3.11. The van der Waals surface area contributed by atoms with Crippen molar-refractivity contribution in [1.29, 1.82) is 0 Å². The van der Waals surface area contributed by atoms with E-state index in [1.165, 1.54) is 11.3 Å². The summed E-state index contributed by atoms with van der Waals surface area (Å²) in [7, 11) is 0. The Labute approximate surface area is 94.5 Å². The van der Waals surface area contributed by atoms with Crippen LogP contribution < -0.4 is 5.32 Å². The van der Waals surface area contributed by atoms with E-state index in [1.807, 2.05) is 13.1 Å². The van der Waals surface area contributed by atoms with Crippen molar-refractivity contribution in [2.75, 3.05) is 19.7 Å². The predicted octanol–water partition coefficient (Wildman–Crippen LogP) is 1.36. The van der Waals surface area contributed by atoms with Crippen LogP contribution >= 0.6 is 11.3 Å². The van der Waals surface area contributed by atoms with E-state index in [4.69, 9.17) is 0 Å². The Morgan fingerprint density at radius 1 is 1.67 bits per heavy atom. The number of rotatable bonds is 3. The van der Waals surface area contributed by atoms with Gasteiger partial charge in [-0.15, -0.1) is 11.3 Å². The van der Waals surface area contributed by atoms with Gasteiger partial charge in [-0.25, -0.2) is 4.98 Å². The Kier molecular flexibility index (Phi) is 3.38. The normalized spacial score (nSPS) is 26.8. The molecule has 2 rings (SSSR count). The summed E-state index contributed by atoms with van der Waals surface area (Å²) in [5.74, 6) is 0. The van der Waals surface area contributed by atoms with Gasteiger partial charge in [0.2, 0.25) is 0 Å². The minimum Gasteiger partial charge on any atom is -0.396 e. The molecule has 0 radical (unpaired) electrons. The van der Waals surface area contributed by atoms with E-state index < -0.39 is 0 Å². The Bertz CT molecular complexity index is 318. The van der Waals surface area contributed by atoms with Gasteiger partial charge in [-0.1, -0.05) is 0 Å². The molecule has 0 aliphatic carbocycles. The highest BCUT2D eigenvalue weighted by atomic mass is 32.1. The maximum absolute atomic E-state index is 9.55. The van der Waals surface area contributed by atoms with E-state index in [1.54, 1.807) is 11.3 Å². The van der Waals surface area contributed by atoms with Crippen LogP contribution in [0.1, 0.15) is 22.7 Å². The molecule has 84 valence electrons. The lowest BCUT2D eigenvalue weighted by Crippen LogP contribution is -2.43. The summed E-state index contributed by atoms with van der Waals surface area (Å²) in [5.41, 5.74) is 0.0528. The zero-order valence-electron chi connectivity index (χ0n) is 9.12. The van der Waals surface area contributed by atoms with Gasteiger partial charge in [-0.05, 0) is 32.7 Å². The van der Waals surface area contributed by atoms with Gasteiger partial charge in [0.1, 0.15) is 0 Å². The van der Waals surface area contributed by atoms with Crippen LogP contribution in [0.2, 0.25) is 0 Å². The van der Waals surface area contributed by atoms with Gasteiger partial charge in [0.05, 0.1) is 11.6 Å². The fourth-order valence-electron chi connectivity index (χ4n) is 2.23. The number of thiazole rings is 1. The van der Waals surface area contributed by atoms with Crippen LogP contribution in [0.3, 0.4) is 0 Å². The summed E-state index contributed by atoms with van der Waals surface area (Å²) < 4.78 is 0. The maximum atomic E-state index is 9.55. The van der Waals surface area contributed by atoms with E-state index in [9.17, 15) is 5.11 Å². The van der Waals surface area contributed by atoms with E-state index in [2.05, 4.69) is 10.3 Å². The summed E-state index contributed by atoms with van der Waals surface area (Å²) in [6, 6.07) is 0. The van der Waals surface area contributed by atoms with Gasteiger partial charge >= 0.3 is 0 Å². The van der Waals surface area contributed by atoms with Crippen LogP contribution in [0.4, 0.5) is 0 Å². The first-order valence-electron chi connectivity index (χ1n) is 5.47. The number of nitrogens with zero attached hydrogens (tertiary/aromatic N) is 1. The van der Waals surface area contributed by atoms with Crippen molar-refractivity contribution in [2.24, 2.45) is 5.41 Å². The molecular weight excluding hydrogens is 208 g/mol. The van der Waals surface area contributed by atoms with Gasteiger partial charge < -0.3 is 10.4 Å². The van der Waals surface area contributed by atoms with E-state index in [0.717, 1.165) is 30.9 Å². The molecule has 0 aromatic carbocycles. The number of aliphatic hydroxyl groups excluding tert-OH is 1. The lowest BCUT2D eigenvalue weighted by Gasteiger charge is -2.35. The molecule has 1 aliphatic heterocycles. The highest BCUT2D eigenvalue weighted by molar-refractivity contribution is 7.11. The highest BCUT2D eigenvalue weighted by Crippen LogP contribution is 2.31. The van der Waals surface area contributed by atoms with Gasteiger partial charge in [0.25, 0.3) is 0 Å². The predicted molar refractivity (Wildman–Crippen MR) is 62.2 cm³/mol. The second-order valence-electron chi connectivity index (χ2n) is 4.46. The monoisotopic (exact) mass is 226 g/mol. The van der Waals surface area contributed by atoms with Gasteiger partial charge in [0.15, 0.2) is 0 Å². The van der Waals surface area contributed by atoms with Crippen molar-refractivity contribution >= 4 is 11.3 Å². The smallest absolute Gasteiger partial charge is 0.0896 e. The second-order valence-corrected chi connectivity index (χ2v) is 5.78. The summed E-state index contributed by atoms with van der Waals surface area (Å²) in [6.45, 7) is 4.32. The molecule has 1 unspecified atom stereocenters. The van der Waals surface area contributed by atoms with E-state index in [-0.39, 0.29) is 12.0 Å². The minimum atomic E-state index is 0.0528. The molecule has 2 N–H and O–H groups in total. The summed E-state index contributed by atoms with van der Waals surface area (Å²) >= 11 is 1.75. The first-order chi connectivity index (χ1) is 7.24. The largest absolute Gasteiger partial charge is 0.396 e. The molecule has 0 bridgehead atoms. The molecule has 0 spiro atoms. The molecule has 1 aromatic heterocycles. The number of aryl methyl sites for hydroxylation is 1. The molecule has 2 heterocycles.